The number of benzene rings is 1. The van der Waals surface area contributed by atoms with E-state index in [1.807, 2.05) is 12.3 Å². The van der Waals surface area contributed by atoms with Gasteiger partial charge in [-0.05, 0) is 12.1 Å². The molecule has 0 atom stereocenters. The minimum absolute atomic E-state index is 0.209. The molecule has 1 aromatic heterocycles. The first-order chi connectivity index (χ1) is 9.65. The van der Waals surface area contributed by atoms with Gasteiger partial charge in [-0.15, -0.1) is 5.10 Å². The third-order valence-corrected chi connectivity index (χ3v) is 3.88. The van der Waals surface area contributed by atoms with Gasteiger partial charge in [0.15, 0.2) is 5.79 Å². The molecule has 1 N–H and O–H groups in total. The van der Waals surface area contributed by atoms with Crippen molar-refractivity contribution in [2.24, 2.45) is 0 Å². The predicted molar refractivity (Wildman–Crippen MR) is 71.7 cm³/mol. The van der Waals surface area contributed by atoms with Crippen LogP contribution in [0.1, 0.15) is 24.5 Å². The highest BCUT2D eigenvalue weighted by molar-refractivity contribution is 5.37. The zero-order valence-electron chi connectivity index (χ0n) is 11.5. The van der Waals surface area contributed by atoms with E-state index in [-0.39, 0.29) is 5.75 Å². The van der Waals surface area contributed by atoms with Gasteiger partial charge in [0.1, 0.15) is 5.75 Å². The van der Waals surface area contributed by atoms with Crippen LogP contribution in [0.2, 0.25) is 0 Å². The minimum atomic E-state index is -0.473. The fourth-order valence-corrected chi connectivity index (χ4v) is 2.54. The van der Waals surface area contributed by atoms with Crippen LogP contribution in [0.15, 0.2) is 30.5 Å². The van der Waals surface area contributed by atoms with E-state index in [4.69, 9.17) is 9.47 Å². The molecule has 0 unspecified atom stereocenters. The Morgan fingerprint density at radius 2 is 2.05 bits per heavy atom. The molecule has 0 radical (unpaired) electrons. The molecular formula is C14H17N3O3. The van der Waals surface area contributed by atoms with Gasteiger partial charge < -0.3 is 14.6 Å². The van der Waals surface area contributed by atoms with E-state index >= 15 is 0 Å². The second kappa shape index (κ2) is 4.88. The van der Waals surface area contributed by atoms with Crippen LogP contribution < -0.4 is 0 Å². The molecule has 1 saturated carbocycles. The minimum Gasteiger partial charge on any atom is -0.508 e. The average Bonchev–Trinajstić information content (AvgIpc) is 2.88. The molecule has 1 aliphatic rings. The smallest absolute Gasteiger partial charge is 0.168 e. The summed E-state index contributed by atoms with van der Waals surface area (Å²) < 4.78 is 12.4. The summed E-state index contributed by atoms with van der Waals surface area (Å²) in [4.78, 5) is 0. The monoisotopic (exact) mass is 275 g/mol. The Morgan fingerprint density at radius 3 is 2.70 bits per heavy atom. The molecule has 1 aliphatic carbocycles. The number of methoxy groups -OCH3 is 2. The predicted octanol–water partition coefficient (Wildman–Crippen LogP) is 1.84. The summed E-state index contributed by atoms with van der Waals surface area (Å²) >= 11 is 0. The van der Waals surface area contributed by atoms with Gasteiger partial charge >= 0.3 is 0 Å². The van der Waals surface area contributed by atoms with E-state index in [1.165, 1.54) is 0 Å². The number of aromatic nitrogens is 3. The van der Waals surface area contributed by atoms with Crippen molar-refractivity contribution in [1.29, 1.82) is 0 Å². The average molecular weight is 275 g/mol. The van der Waals surface area contributed by atoms with Gasteiger partial charge in [-0.3, -0.25) is 0 Å². The van der Waals surface area contributed by atoms with Gasteiger partial charge in [-0.1, -0.05) is 11.3 Å². The molecule has 2 aromatic rings. The Balaban J connectivity index is 1.76. The summed E-state index contributed by atoms with van der Waals surface area (Å²) in [5, 5.41) is 17.8. The first-order valence-electron chi connectivity index (χ1n) is 6.48. The van der Waals surface area contributed by atoms with Crippen LogP contribution in [0, 0.1) is 0 Å². The van der Waals surface area contributed by atoms with Crippen molar-refractivity contribution < 1.29 is 14.6 Å². The molecule has 6 heteroatoms. The Hall–Kier alpha value is -1.92. The summed E-state index contributed by atoms with van der Waals surface area (Å²) in [5.41, 5.74) is 1.70. The molecule has 20 heavy (non-hydrogen) atoms. The maximum atomic E-state index is 9.49. The number of rotatable bonds is 4. The molecule has 0 saturated heterocycles. The number of phenols is 1. The van der Waals surface area contributed by atoms with Gasteiger partial charge in [0.05, 0.1) is 17.6 Å². The van der Waals surface area contributed by atoms with Gasteiger partial charge in [0.2, 0.25) is 0 Å². The molecule has 106 valence electrons. The topological polar surface area (TPSA) is 69.4 Å². The fourth-order valence-electron chi connectivity index (χ4n) is 2.54. The van der Waals surface area contributed by atoms with Crippen molar-refractivity contribution in [2.75, 3.05) is 14.2 Å². The first-order valence-corrected chi connectivity index (χ1v) is 6.48. The van der Waals surface area contributed by atoms with Crippen molar-refractivity contribution in [2.45, 2.75) is 24.5 Å². The summed E-state index contributed by atoms with van der Waals surface area (Å²) in [6.07, 6.45) is 3.44. The van der Waals surface area contributed by atoms with Crippen LogP contribution in [-0.2, 0) is 9.47 Å². The molecule has 6 nitrogen and oxygen atoms in total. The Morgan fingerprint density at radius 1 is 1.30 bits per heavy atom. The number of aromatic hydroxyl groups is 1. The SMILES string of the molecule is COC1(OC)CC(c2cn(-c3cccc(O)c3)nn2)C1. The number of nitrogens with zero attached hydrogens (tertiary/aromatic N) is 3. The molecule has 1 heterocycles. The lowest BCUT2D eigenvalue weighted by atomic mass is 9.77. The second-order valence-electron chi connectivity index (χ2n) is 5.03. The molecule has 0 aliphatic heterocycles. The third-order valence-electron chi connectivity index (χ3n) is 3.88. The molecular weight excluding hydrogens is 258 g/mol. The number of hydrogen-bond donors (Lipinski definition) is 1. The molecule has 1 aromatic carbocycles. The molecule has 0 bridgehead atoms. The van der Waals surface area contributed by atoms with E-state index in [1.54, 1.807) is 37.1 Å². The van der Waals surface area contributed by atoms with Crippen LogP contribution in [0.4, 0.5) is 0 Å². The van der Waals surface area contributed by atoms with Gasteiger partial charge in [0, 0.05) is 39.0 Å². The van der Waals surface area contributed by atoms with Crippen LogP contribution in [0.3, 0.4) is 0 Å². The summed E-state index contributed by atoms with van der Waals surface area (Å²) in [6, 6.07) is 6.91. The van der Waals surface area contributed by atoms with Crippen LogP contribution >= 0.6 is 0 Å². The van der Waals surface area contributed by atoms with E-state index < -0.39 is 5.79 Å². The summed E-state index contributed by atoms with van der Waals surface area (Å²) in [7, 11) is 3.31. The highest BCUT2D eigenvalue weighted by Crippen LogP contribution is 2.46. The van der Waals surface area contributed by atoms with Crippen molar-refractivity contribution in [3.63, 3.8) is 0 Å². The van der Waals surface area contributed by atoms with Crippen molar-refractivity contribution in [3.8, 4) is 11.4 Å². The quantitative estimate of drug-likeness (QED) is 0.862. The third kappa shape index (κ3) is 2.17. The Labute approximate surface area is 116 Å². The van der Waals surface area contributed by atoms with Crippen LogP contribution in [0.5, 0.6) is 5.75 Å². The lowest BCUT2D eigenvalue weighted by Gasteiger charge is -2.44. The van der Waals surface area contributed by atoms with Crippen molar-refractivity contribution in [3.05, 3.63) is 36.2 Å². The second-order valence-corrected chi connectivity index (χ2v) is 5.03. The normalized spacial score (nSPS) is 17.9. The standard InChI is InChI=1S/C14H17N3O3/c1-19-14(20-2)7-10(8-14)13-9-17(16-15-13)11-4-3-5-12(18)6-11/h3-6,9-10,18H,7-8H2,1-2H3. The summed E-state index contributed by atoms with van der Waals surface area (Å²) in [6.45, 7) is 0. The van der Waals surface area contributed by atoms with E-state index in [9.17, 15) is 5.11 Å². The maximum absolute atomic E-state index is 9.49. The lowest BCUT2D eigenvalue weighted by Crippen LogP contribution is -2.46. The molecule has 1 fully saturated rings. The maximum Gasteiger partial charge on any atom is 0.168 e. The zero-order valence-corrected chi connectivity index (χ0v) is 11.5. The molecule has 0 amide bonds. The highest BCUT2D eigenvalue weighted by Gasteiger charge is 2.46. The Kier molecular flexibility index (Phi) is 3.19. The molecule has 0 spiro atoms. The number of hydrogen-bond acceptors (Lipinski definition) is 5. The van der Waals surface area contributed by atoms with Crippen LogP contribution in [-0.4, -0.2) is 40.1 Å². The van der Waals surface area contributed by atoms with Gasteiger partial charge in [-0.25, -0.2) is 4.68 Å². The van der Waals surface area contributed by atoms with E-state index in [2.05, 4.69) is 10.3 Å². The van der Waals surface area contributed by atoms with E-state index in [0.29, 0.717) is 5.92 Å². The zero-order chi connectivity index (χ0) is 14.2. The largest absolute Gasteiger partial charge is 0.508 e. The fraction of sp³-hybridized carbons (Fsp3) is 0.429. The van der Waals surface area contributed by atoms with Crippen LogP contribution in [0.25, 0.3) is 5.69 Å². The van der Waals surface area contributed by atoms with E-state index in [0.717, 1.165) is 24.2 Å². The lowest BCUT2D eigenvalue weighted by molar-refractivity contribution is -0.258. The highest BCUT2D eigenvalue weighted by atomic mass is 16.7. The number of ether oxygens (including phenoxy) is 2. The Bertz CT molecular complexity index is 599. The van der Waals surface area contributed by atoms with Gasteiger partial charge in [-0.2, -0.15) is 0 Å². The molecule has 3 rings (SSSR count). The van der Waals surface area contributed by atoms with Gasteiger partial charge in [0.25, 0.3) is 0 Å². The van der Waals surface area contributed by atoms with Crippen molar-refractivity contribution >= 4 is 0 Å². The van der Waals surface area contributed by atoms with Crippen molar-refractivity contribution in [1.82, 2.24) is 15.0 Å². The first kappa shape index (κ1) is 13.1. The summed E-state index contributed by atoms with van der Waals surface area (Å²) in [5.74, 6) is 0.0290. The number of phenolic OH excluding ortho intramolecular Hbond substituents is 1.